The third-order valence-electron chi connectivity index (χ3n) is 6.00. The molecule has 0 aromatic rings. The Bertz CT molecular complexity index is 216. The van der Waals surface area contributed by atoms with E-state index in [-0.39, 0.29) is 6.15 Å². The van der Waals surface area contributed by atoms with Gasteiger partial charge in [0.2, 0.25) is 0 Å². The molecule has 0 spiro atoms. The summed E-state index contributed by atoms with van der Waals surface area (Å²) in [6.07, 6.45) is 20.5. The lowest BCUT2D eigenvalue weighted by atomic mass is 10.0. The molecule has 2 nitrogen and oxygen atoms in total. The lowest BCUT2D eigenvalue weighted by molar-refractivity contribution is -0.923. The highest BCUT2D eigenvalue weighted by atomic mass is 15.3. The summed E-state index contributed by atoms with van der Waals surface area (Å²) in [6.45, 7) is 14.7. The number of hydrogen-bond donors (Lipinski definition) is 1. The minimum Gasteiger partial charge on any atom is -0.344 e. The van der Waals surface area contributed by atoms with Gasteiger partial charge >= 0.3 is 0 Å². The molecule has 0 saturated carbocycles. The van der Waals surface area contributed by atoms with Gasteiger partial charge in [0.15, 0.2) is 0 Å². The first kappa shape index (κ1) is 26.2. The van der Waals surface area contributed by atoms with Crippen molar-refractivity contribution in [3.63, 3.8) is 0 Å². The Balaban J connectivity index is 0. The highest BCUT2D eigenvalue weighted by molar-refractivity contribution is 4.50. The molecule has 24 heavy (non-hydrogen) atoms. The Morgan fingerprint density at radius 2 is 0.708 bits per heavy atom. The highest BCUT2D eigenvalue weighted by Gasteiger charge is 2.19. The molecular weight excluding hydrogens is 292 g/mol. The van der Waals surface area contributed by atoms with Gasteiger partial charge in [0.1, 0.15) is 0 Å². The summed E-state index contributed by atoms with van der Waals surface area (Å²) in [5.74, 6) is 0. The van der Waals surface area contributed by atoms with Crippen LogP contribution in [0.1, 0.15) is 118 Å². The number of nitrogens with zero attached hydrogens (tertiary/aromatic N) is 1. The second-order valence-electron chi connectivity index (χ2n) is 7.61. The van der Waals surface area contributed by atoms with Crippen molar-refractivity contribution in [3.8, 4) is 0 Å². The van der Waals surface area contributed by atoms with Crippen LogP contribution in [0.5, 0.6) is 0 Å². The first-order chi connectivity index (χ1) is 11.2. The summed E-state index contributed by atoms with van der Waals surface area (Å²) in [6, 6.07) is 0. The van der Waals surface area contributed by atoms with Crippen molar-refractivity contribution in [2.45, 2.75) is 118 Å². The molecule has 0 amide bonds. The quantitative estimate of drug-likeness (QED) is 0.203. The summed E-state index contributed by atoms with van der Waals surface area (Å²) in [4.78, 5) is 0. The fourth-order valence-corrected chi connectivity index (χ4v) is 3.79. The third kappa shape index (κ3) is 14.3. The predicted octanol–water partition coefficient (Wildman–Crippen LogP) is 7.51. The molecule has 0 fully saturated rings. The Kier molecular flexibility index (Phi) is 21.0. The van der Waals surface area contributed by atoms with Crippen LogP contribution in [0.25, 0.3) is 0 Å². The molecule has 0 bridgehead atoms. The normalized spacial score (nSPS) is 11.5. The average molecular weight is 344 g/mol. The minimum atomic E-state index is 0. The van der Waals surface area contributed by atoms with Crippen LogP contribution in [-0.4, -0.2) is 30.7 Å². The van der Waals surface area contributed by atoms with Gasteiger partial charge in [0.25, 0.3) is 0 Å². The Hall–Kier alpha value is -0.0800. The van der Waals surface area contributed by atoms with E-state index in [1.54, 1.807) is 0 Å². The van der Waals surface area contributed by atoms with E-state index in [9.17, 15) is 0 Å². The van der Waals surface area contributed by atoms with E-state index in [2.05, 4.69) is 27.7 Å². The topological polar surface area (TPSA) is 35.0 Å². The van der Waals surface area contributed by atoms with Crippen molar-refractivity contribution in [3.05, 3.63) is 0 Å². The smallest absolute Gasteiger partial charge is 0.0786 e. The second-order valence-corrected chi connectivity index (χ2v) is 7.61. The predicted molar refractivity (Wildman–Crippen MR) is 112 cm³/mol. The van der Waals surface area contributed by atoms with Gasteiger partial charge in [-0.15, -0.1) is 0 Å². The zero-order valence-electron chi connectivity index (χ0n) is 17.9. The molecule has 0 aromatic carbocycles. The van der Waals surface area contributed by atoms with Gasteiger partial charge in [0.05, 0.1) is 26.2 Å². The van der Waals surface area contributed by atoms with E-state index in [0.717, 1.165) is 0 Å². The van der Waals surface area contributed by atoms with E-state index in [1.165, 1.54) is 121 Å². The van der Waals surface area contributed by atoms with Gasteiger partial charge in [-0.1, -0.05) is 84.0 Å². The Labute approximate surface area is 155 Å². The zero-order valence-corrected chi connectivity index (χ0v) is 17.9. The van der Waals surface area contributed by atoms with E-state index < -0.39 is 0 Å². The number of hydrogen-bond acceptors (Lipinski definition) is 1. The van der Waals surface area contributed by atoms with E-state index in [0.29, 0.717) is 0 Å². The summed E-state index contributed by atoms with van der Waals surface area (Å²) >= 11 is 0. The molecule has 0 atom stereocenters. The summed E-state index contributed by atoms with van der Waals surface area (Å²) < 4.78 is 1.33. The number of quaternary nitrogens is 1. The lowest BCUT2D eigenvalue weighted by Crippen LogP contribution is -2.48. The molecule has 0 aliphatic carbocycles. The summed E-state index contributed by atoms with van der Waals surface area (Å²) in [7, 11) is 0. The standard InChI is InChI=1S/C22H48N.H3N/c1-5-9-10-11-12-13-14-15-16-17-18-19-20-21-22-23(6-2,7-3)8-4;/h5-22H2,1-4H3;1H3/q+1;. The van der Waals surface area contributed by atoms with Crippen molar-refractivity contribution >= 4 is 0 Å². The van der Waals surface area contributed by atoms with Crippen molar-refractivity contribution in [2.24, 2.45) is 0 Å². The molecule has 2 heteroatoms. The molecular formula is C22H51N2+. The van der Waals surface area contributed by atoms with Crippen molar-refractivity contribution in [1.82, 2.24) is 6.15 Å². The molecule has 0 radical (unpaired) electrons. The van der Waals surface area contributed by atoms with E-state index in [1.807, 2.05) is 0 Å². The van der Waals surface area contributed by atoms with Crippen LogP contribution in [0.15, 0.2) is 0 Å². The van der Waals surface area contributed by atoms with Crippen LogP contribution < -0.4 is 6.15 Å². The van der Waals surface area contributed by atoms with Gasteiger partial charge in [-0.2, -0.15) is 0 Å². The zero-order chi connectivity index (χ0) is 17.2. The van der Waals surface area contributed by atoms with E-state index >= 15 is 0 Å². The summed E-state index contributed by atoms with van der Waals surface area (Å²) in [5, 5.41) is 0. The molecule has 0 heterocycles. The van der Waals surface area contributed by atoms with Crippen LogP contribution in [-0.2, 0) is 0 Å². The lowest BCUT2D eigenvalue weighted by Gasteiger charge is -2.35. The Morgan fingerprint density at radius 1 is 0.417 bits per heavy atom. The maximum absolute atomic E-state index is 2.36. The maximum Gasteiger partial charge on any atom is 0.0786 e. The Morgan fingerprint density at radius 3 is 1.00 bits per heavy atom. The SMILES string of the molecule is CCCCCCCCCCCCCCCC[N+](CC)(CC)CC.N. The largest absolute Gasteiger partial charge is 0.344 e. The van der Waals surface area contributed by atoms with Crippen LogP contribution >= 0.6 is 0 Å². The number of unbranched alkanes of at least 4 members (excludes halogenated alkanes) is 13. The monoisotopic (exact) mass is 343 g/mol. The molecule has 0 rings (SSSR count). The van der Waals surface area contributed by atoms with Crippen molar-refractivity contribution < 1.29 is 4.48 Å². The van der Waals surface area contributed by atoms with E-state index in [4.69, 9.17) is 0 Å². The first-order valence-corrected chi connectivity index (χ1v) is 11.1. The summed E-state index contributed by atoms with van der Waals surface area (Å²) in [5.41, 5.74) is 0. The fourth-order valence-electron chi connectivity index (χ4n) is 3.79. The minimum absolute atomic E-state index is 0. The molecule has 0 aromatic heterocycles. The second kappa shape index (κ2) is 19.2. The molecule has 0 saturated heterocycles. The van der Waals surface area contributed by atoms with Crippen LogP contribution in [0, 0.1) is 0 Å². The third-order valence-corrected chi connectivity index (χ3v) is 6.00. The van der Waals surface area contributed by atoms with Crippen LogP contribution in [0.4, 0.5) is 0 Å². The number of rotatable bonds is 18. The molecule has 3 N–H and O–H groups in total. The van der Waals surface area contributed by atoms with Gasteiger partial charge in [-0.25, -0.2) is 0 Å². The van der Waals surface area contributed by atoms with Gasteiger partial charge in [0, 0.05) is 0 Å². The van der Waals surface area contributed by atoms with Gasteiger partial charge in [-0.3, -0.25) is 0 Å². The van der Waals surface area contributed by atoms with Crippen LogP contribution in [0.3, 0.4) is 0 Å². The fraction of sp³-hybridized carbons (Fsp3) is 1.00. The van der Waals surface area contributed by atoms with Crippen molar-refractivity contribution in [2.75, 3.05) is 26.2 Å². The molecule has 0 unspecified atom stereocenters. The van der Waals surface area contributed by atoms with Gasteiger partial charge < -0.3 is 10.6 Å². The maximum atomic E-state index is 2.36. The molecule has 0 aliphatic heterocycles. The molecule has 148 valence electrons. The average Bonchev–Trinajstić information content (AvgIpc) is 2.59. The van der Waals surface area contributed by atoms with Crippen molar-refractivity contribution in [1.29, 1.82) is 0 Å². The molecule has 0 aliphatic rings. The van der Waals surface area contributed by atoms with Gasteiger partial charge in [-0.05, 0) is 33.6 Å². The highest BCUT2D eigenvalue weighted by Crippen LogP contribution is 2.14. The van der Waals surface area contributed by atoms with Crippen LogP contribution in [0.2, 0.25) is 0 Å². The first-order valence-electron chi connectivity index (χ1n) is 11.1.